The maximum absolute atomic E-state index is 12.5. The van der Waals surface area contributed by atoms with Crippen molar-refractivity contribution in [2.24, 2.45) is 0 Å². The third kappa shape index (κ3) is 4.06. The predicted molar refractivity (Wildman–Crippen MR) is 111 cm³/mol. The lowest BCUT2D eigenvalue weighted by molar-refractivity contribution is -0.128. The molecule has 0 bridgehead atoms. The molecule has 1 saturated heterocycles. The summed E-state index contributed by atoms with van der Waals surface area (Å²) in [6, 6.07) is 22.2. The molecule has 1 unspecified atom stereocenters. The van der Waals surface area contributed by atoms with E-state index in [0.717, 1.165) is 11.1 Å². The second kappa shape index (κ2) is 7.85. The van der Waals surface area contributed by atoms with Crippen molar-refractivity contribution in [2.75, 3.05) is 6.54 Å². The number of carbonyl (C=O) groups is 2. The lowest BCUT2D eigenvalue weighted by Crippen LogP contribution is -2.37. The first-order valence-electron chi connectivity index (χ1n) is 9.68. The highest BCUT2D eigenvalue weighted by Crippen LogP contribution is 2.22. The zero-order chi connectivity index (χ0) is 19.5. The molecule has 0 aromatic heterocycles. The number of aryl methyl sites for hydroxylation is 1. The Morgan fingerprint density at radius 3 is 2.61 bits per heavy atom. The zero-order valence-corrected chi connectivity index (χ0v) is 16.0. The van der Waals surface area contributed by atoms with Crippen LogP contribution in [0.25, 0.3) is 10.8 Å². The second-order valence-corrected chi connectivity index (χ2v) is 7.54. The molecule has 0 spiro atoms. The fourth-order valence-electron chi connectivity index (χ4n) is 3.83. The Kier molecular flexibility index (Phi) is 5.11. The number of likely N-dealkylation sites (tertiary alicyclic amines) is 1. The number of benzene rings is 3. The van der Waals surface area contributed by atoms with Crippen LogP contribution in [0.15, 0.2) is 66.7 Å². The molecule has 4 nitrogen and oxygen atoms in total. The van der Waals surface area contributed by atoms with Gasteiger partial charge in [-0.25, -0.2) is 0 Å². The first kappa shape index (κ1) is 18.2. The van der Waals surface area contributed by atoms with Crippen molar-refractivity contribution in [3.05, 3.63) is 83.4 Å². The van der Waals surface area contributed by atoms with Gasteiger partial charge in [-0.2, -0.15) is 0 Å². The van der Waals surface area contributed by atoms with Gasteiger partial charge in [0.1, 0.15) is 0 Å². The maximum atomic E-state index is 12.5. The van der Waals surface area contributed by atoms with Gasteiger partial charge >= 0.3 is 0 Å². The maximum Gasteiger partial charge on any atom is 0.225 e. The van der Waals surface area contributed by atoms with E-state index < -0.39 is 0 Å². The number of rotatable bonds is 5. The van der Waals surface area contributed by atoms with E-state index in [-0.39, 0.29) is 17.9 Å². The average Bonchev–Trinajstić information content (AvgIpc) is 3.02. The molecule has 0 radical (unpaired) electrons. The molecule has 1 aliphatic heterocycles. The standard InChI is InChI=1S/C24H24N2O2/c1-17-9-11-18(12-10-17)13-23(27)25-21-14-24(28)26(16-21)15-20-7-4-6-19-5-2-3-8-22(19)20/h2-12,21H,13-16H2,1H3,(H,25,27). The summed E-state index contributed by atoms with van der Waals surface area (Å²) < 4.78 is 0. The highest BCUT2D eigenvalue weighted by atomic mass is 16.2. The van der Waals surface area contributed by atoms with Gasteiger partial charge in [0.15, 0.2) is 0 Å². The van der Waals surface area contributed by atoms with Crippen LogP contribution in [0.5, 0.6) is 0 Å². The van der Waals surface area contributed by atoms with Gasteiger partial charge in [0.25, 0.3) is 0 Å². The minimum Gasteiger partial charge on any atom is -0.351 e. The van der Waals surface area contributed by atoms with Crippen LogP contribution in [0.1, 0.15) is 23.1 Å². The fourth-order valence-corrected chi connectivity index (χ4v) is 3.83. The molecule has 0 aliphatic carbocycles. The zero-order valence-electron chi connectivity index (χ0n) is 16.0. The molecule has 1 aliphatic rings. The largest absolute Gasteiger partial charge is 0.351 e. The molecule has 2 amide bonds. The summed E-state index contributed by atoms with van der Waals surface area (Å²) in [6.07, 6.45) is 0.707. The molecule has 1 N–H and O–H groups in total. The Morgan fingerprint density at radius 1 is 1.04 bits per heavy atom. The van der Waals surface area contributed by atoms with Crippen molar-refractivity contribution in [1.29, 1.82) is 0 Å². The highest BCUT2D eigenvalue weighted by molar-refractivity contribution is 5.87. The summed E-state index contributed by atoms with van der Waals surface area (Å²) in [4.78, 5) is 26.7. The summed E-state index contributed by atoms with van der Waals surface area (Å²) >= 11 is 0. The van der Waals surface area contributed by atoms with E-state index >= 15 is 0 Å². The van der Waals surface area contributed by atoms with Gasteiger partial charge in [0.2, 0.25) is 11.8 Å². The highest BCUT2D eigenvalue weighted by Gasteiger charge is 2.30. The number of nitrogens with zero attached hydrogens (tertiary/aromatic N) is 1. The summed E-state index contributed by atoms with van der Waals surface area (Å²) in [7, 11) is 0. The third-order valence-electron chi connectivity index (χ3n) is 5.31. The van der Waals surface area contributed by atoms with Gasteiger partial charge in [-0.3, -0.25) is 9.59 Å². The predicted octanol–water partition coefficient (Wildman–Crippen LogP) is 3.61. The van der Waals surface area contributed by atoms with Crippen LogP contribution in [0.2, 0.25) is 0 Å². The Labute approximate surface area is 165 Å². The normalized spacial score (nSPS) is 16.5. The Hall–Kier alpha value is -3.14. The molecule has 0 saturated carbocycles. The van der Waals surface area contributed by atoms with E-state index in [4.69, 9.17) is 0 Å². The average molecular weight is 372 g/mol. The SMILES string of the molecule is Cc1ccc(CC(=O)NC2CC(=O)N(Cc3cccc4ccccc34)C2)cc1. The first-order chi connectivity index (χ1) is 13.6. The van der Waals surface area contributed by atoms with Crippen LogP contribution in [-0.2, 0) is 22.6 Å². The topological polar surface area (TPSA) is 49.4 Å². The van der Waals surface area contributed by atoms with Crippen LogP contribution < -0.4 is 5.32 Å². The molecule has 1 fully saturated rings. The molecule has 4 heteroatoms. The molecule has 1 heterocycles. The summed E-state index contributed by atoms with van der Waals surface area (Å²) in [5.74, 6) is 0.0576. The number of hydrogen-bond donors (Lipinski definition) is 1. The molecule has 4 rings (SSSR count). The van der Waals surface area contributed by atoms with Crippen molar-refractivity contribution in [2.45, 2.75) is 32.4 Å². The summed E-state index contributed by atoms with van der Waals surface area (Å²) in [5, 5.41) is 5.37. The fraction of sp³-hybridized carbons (Fsp3) is 0.250. The number of hydrogen-bond acceptors (Lipinski definition) is 2. The molecule has 142 valence electrons. The van der Waals surface area contributed by atoms with E-state index in [0.29, 0.717) is 25.9 Å². The van der Waals surface area contributed by atoms with E-state index in [9.17, 15) is 9.59 Å². The third-order valence-corrected chi connectivity index (χ3v) is 5.31. The van der Waals surface area contributed by atoms with Crippen molar-refractivity contribution in [3.63, 3.8) is 0 Å². The van der Waals surface area contributed by atoms with Gasteiger partial charge in [0.05, 0.1) is 12.5 Å². The van der Waals surface area contributed by atoms with Gasteiger partial charge in [-0.1, -0.05) is 72.3 Å². The van der Waals surface area contributed by atoms with Gasteiger partial charge in [-0.15, -0.1) is 0 Å². The van der Waals surface area contributed by atoms with Crippen LogP contribution in [-0.4, -0.2) is 29.3 Å². The summed E-state index contributed by atoms with van der Waals surface area (Å²) in [6.45, 7) is 3.16. The molecule has 3 aromatic carbocycles. The van der Waals surface area contributed by atoms with Gasteiger partial charge < -0.3 is 10.2 Å². The second-order valence-electron chi connectivity index (χ2n) is 7.54. The van der Waals surface area contributed by atoms with E-state index in [1.165, 1.54) is 16.3 Å². The van der Waals surface area contributed by atoms with Crippen molar-refractivity contribution in [1.82, 2.24) is 10.2 Å². The minimum atomic E-state index is -0.125. The van der Waals surface area contributed by atoms with E-state index in [2.05, 4.69) is 29.6 Å². The first-order valence-corrected chi connectivity index (χ1v) is 9.68. The van der Waals surface area contributed by atoms with Crippen LogP contribution >= 0.6 is 0 Å². The lowest BCUT2D eigenvalue weighted by Gasteiger charge is -2.18. The molecule has 1 atom stereocenters. The Balaban J connectivity index is 1.38. The van der Waals surface area contributed by atoms with Crippen LogP contribution in [0.4, 0.5) is 0 Å². The molecule has 28 heavy (non-hydrogen) atoms. The smallest absolute Gasteiger partial charge is 0.225 e. The summed E-state index contributed by atoms with van der Waals surface area (Å²) in [5.41, 5.74) is 3.30. The Morgan fingerprint density at radius 2 is 1.79 bits per heavy atom. The van der Waals surface area contributed by atoms with E-state index in [1.807, 2.05) is 54.3 Å². The number of fused-ring (bicyclic) bond motifs is 1. The van der Waals surface area contributed by atoms with Crippen molar-refractivity contribution >= 4 is 22.6 Å². The number of carbonyl (C=O) groups excluding carboxylic acids is 2. The lowest BCUT2D eigenvalue weighted by atomic mass is 10.0. The van der Waals surface area contributed by atoms with E-state index in [1.54, 1.807) is 0 Å². The van der Waals surface area contributed by atoms with Gasteiger partial charge in [0, 0.05) is 19.5 Å². The number of nitrogens with one attached hydrogen (secondary N) is 1. The Bertz CT molecular complexity index is 1010. The molecular formula is C24H24N2O2. The van der Waals surface area contributed by atoms with Crippen LogP contribution in [0, 0.1) is 6.92 Å². The number of amides is 2. The monoisotopic (exact) mass is 372 g/mol. The van der Waals surface area contributed by atoms with Gasteiger partial charge in [-0.05, 0) is 28.8 Å². The quantitative estimate of drug-likeness (QED) is 0.744. The molecular weight excluding hydrogens is 348 g/mol. The van der Waals surface area contributed by atoms with Crippen LogP contribution in [0.3, 0.4) is 0 Å². The van der Waals surface area contributed by atoms with Crippen molar-refractivity contribution in [3.8, 4) is 0 Å². The minimum absolute atomic E-state index is 0.0336. The van der Waals surface area contributed by atoms with Crippen molar-refractivity contribution < 1.29 is 9.59 Å². The molecule has 3 aromatic rings.